The van der Waals surface area contributed by atoms with Crippen molar-refractivity contribution < 1.29 is 4.63 Å². The number of rotatable bonds is 4. The first-order valence-corrected chi connectivity index (χ1v) is 5.69. The lowest BCUT2D eigenvalue weighted by Gasteiger charge is -2.04. The largest absolute Gasteiger partial charge is 0.243 e. The molecule has 2 aromatic heterocycles. The fourth-order valence-electron chi connectivity index (χ4n) is 1.71. The van der Waals surface area contributed by atoms with Crippen LogP contribution in [0.4, 0.5) is 0 Å². The molecule has 0 aliphatic heterocycles. The first-order valence-electron chi connectivity index (χ1n) is 5.69. The van der Waals surface area contributed by atoms with Crippen LogP contribution in [0.25, 0.3) is 11.0 Å². The van der Waals surface area contributed by atoms with Gasteiger partial charge in [-0.25, -0.2) is 4.63 Å². The fourth-order valence-corrected chi connectivity index (χ4v) is 1.71. The van der Waals surface area contributed by atoms with Gasteiger partial charge in [-0.15, -0.1) is 0 Å². The van der Waals surface area contributed by atoms with Crippen molar-refractivity contribution in [3.8, 4) is 0 Å². The van der Waals surface area contributed by atoms with Crippen LogP contribution in [0.5, 0.6) is 0 Å². The second kappa shape index (κ2) is 4.55. The molecular formula is C11H16N4O. The van der Waals surface area contributed by atoms with Crippen LogP contribution in [0, 0.1) is 5.92 Å². The lowest BCUT2D eigenvalue weighted by Crippen LogP contribution is -2.03. The van der Waals surface area contributed by atoms with Gasteiger partial charge in [-0.05, 0) is 29.1 Å². The molecule has 2 rings (SSSR count). The summed E-state index contributed by atoms with van der Waals surface area (Å²) in [7, 11) is 0. The molecule has 0 bridgehead atoms. The minimum absolute atomic E-state index is 0.520. The Labute approximate surface area is 94.2 Å². The summed E-state index contributed by atoms with van der Waals surface area (Å²) in [5.74, 6) is 0.520. The van der Waals surface area contributed by atoms with Gasteiger partial charge in [0.2, 0.25) is 0 Å². The molecule has 0 amide bonds. The average Bonchev–Trinajstić information content (AvgIpc) is 2.70. The second-order valence-corrected chi connectivity index (χ2v) is 4.40. The summed E-state index contributed by atoms with van der Waals surface area (Å²) in [6.45, 7) is 6.38. The Kier molecular flexibility index (Phi) is 3.12. The normalized spacial score (nSPS) is 11.5. The molecule has 0 aromatic carbocycles. The van der Waals surface area contributed by atoms with E-state index in [1.165, 1.54) is 0 Å². The standard InChI is InChI=1S/C11H16N4O/c1-4-5-8-10-11(15-16-14-10)9(13-12-8)6-7(2)3/h7H,4-6H2,1-3H3. The third-order valence-electron chi connectivity index (χ3n) is 2.42. The van der Waals surface area contributed by atoms with Crippen molar-refractivity contribution in [3.05, 3.63) is 11.4 Å². The highest BCUT2D eigenvalue weighted by molar-refractivity contribution is 5.77. The molecule has 0 radical (unpaired) electrons. The topological polar surface area (TPSA) is 64.7 Å². The van der Waals surface area contributed by atoms with Gasteiger partial charge in [0, 0.05) is 0 Å². The molecule has 0 saturated heterocycles. The molecule has 0 saturated carbocycles. The van der Waals surface area contributed by atoms with Gasteiger partial charge in [-0.2, -0.15) is 10.2 Å². The van der Waals surface area contributed by atoms with E-state index in [0.29, 0.717) is 5.92 Å². The van der Waals surface area contributed by atoms with Gasteiger partial charge in [-0.3, -0.25) is 0 Å². The van der Waals surface area contributed by atoms with Crippen LogP contribution < -0.4 is 0 Å². The number of aryl methyl sites for hydroxylation is 1. The van der Waals surface area contributed by atoms with Crippen LogP contribution in [-0.4, -0.2) is 20.5 Å². The smallest absolute Gasteiger partial charge is 0.160 e. The molecule has 86 valence electrons. The monoisotopic (exact) mass is 220 g/mol. The summed E-state index contributed by atoms with van der Waals surface area (Å²) < 4.78 is 4.79. The molecule has 5 heteroatoms. The highest BCUT2D eigenvalue weighted by atomic mass is 16.6. The quantitative estimate of drug-likeness (QED) is 0.790. The number of aromatic nitrogens is 4. The van der Waals surface area contributed by atoms with Gasteiger partial charge in [0.05, 0.1) is 11.4 Å². The molecule has 5 nitrogen and oxygen atoms in total. The molecule has 0 aliphatic rings. The highest BCUT2D eigenvalue weighted by Crippen LogP contribution is 2.18. The van der Waals surface area contributed by atoms with Crippen molar-refractivity contribution in [3.63, 3.8) is 0 Å². The highest BCUT2D eigenvalue weighted by Gasteiger charge is 2.14. The van der Waals surface area contributed by atoms with E-state index in [0.717, 1.165) is 41.7 Å². The Balaban J connectivity index is 2.46. The number of hydrogen-bond acceptors (Lipinski definition) is 5. The van der Waals surface area contributed by atoms with Crippen LogP contribution in [0.2, 0.25) is 0 Å². The molecule has 0 aliphatic carbocycles. The molecule has 0 N–H and O–H groups in total. The minimum atomic E-state index is 0.520. The van der Waals surface area contributed by atoms with E-state index in [-0.39, 0.29) is 0 Å². The van der Waals surface area contributed by atoms with E-state index in [1.54, 1.807) is 0 Å². The lowest BCUT2D eigenvalue weighted by molar-refractivity contribution is 0.315. The van der Waals surface area contributed by atoms with Crippen molar-refractivity contribution in [1.82, 2.24) is 20.5 Å². The van der Waals surface area contributed by atoms with Crippen molar-refractivity contribution >= 4 is 11.0 Å². The molecular weight excluding hydrogens is 204 g/mol. The van der Waals surface area contributed by atoms with Gasteiger partial charge in [-0.1, -0.05) is 27.2 Å². The SMILES string of the molecule is CCCc1nnc(CC(C)C)c2nonc12. The molecule has 0 fully saturated rings. The van der Waals surface area contributed by atoms with E-state index in [1.807, 2.05) is 0 Å². The zero-order chi connectivity index (χ0) is 11.5. The molecule has 0 spiro atoms. The van der Waals surface area contributed by atoms with Crippen LogP contribution in [0.3, 0.4) is 0 Å². The van der Waals surface area contributed by atoms with E-state index < -0.39 is 0 Å². The van der Waals surface area contributed by atoms with Crippen molar-refractivity contribution in [2.75, 3.05) is 0 Å². The molecule has 0 unspecified atom stereocenters. The molecule has 0 atom stereocenters. The predicted molar refractivity (Wildman–Crippen MR) is 59.9 cm³/mol. The average molecular weight is 220 g/mol. The minimum Gasteiger partial charge on any atom is -0.243 e. The van der Waals surface area contributed by atoms with Gasteiger partial charge in [0.1, 0.15) is 0 Å². The Morgan fingerprint density at radius 3 is 2.31 bits per heavy atom. The van der Waals surface area contributed by atoms with Crippen LogP contribution in [-0.2, 0) is 12.8 Å². The maximum atomic E-state index is 4.79. The van der Waals surface area contributed by atoms with Crippen LogP contribution in [0.15, 0.2) is 4.63 Å². The first-order chi connectivity index (χ1) is 7.72. The van der Waals surface area contributed by atoms with Gasteiger partial charge >= 0.3 is 0 Å². The summed E-state index contributed by atoms with van der Waals surface area (Å²) in [5.41, 5.74) is 3.30. The maximum absolute atomic E-state index is 4.79. The Morgan fingerprint density at radius 1 is 1.06 bits per heavy atom. The van der Waals surface area contributed by atoms with Gasteiger partial charge in [0.25, 0.3) is 0 Å². The second-order valence-electron chi connectivity index (χ2n) is 4.40. The Hall–Kier alpha value is -1.52. The van der Waals surface area contributed by atoms with E-state index in [2.05, 4.69) is 41.3 Å². The zero-order valence-corrected chi connectivity index (χ0v) is 9.90. The number of hydrogen-bond donors (Lipinski definition) is 0. The summed E-state index contributed by atoms with van der Waals surface area (Å²) in [6.07, 6.45) is 2.73. The van der Waals surface area contributed by atoms with Crippen molar-refractivity contribution in [2.45, 2.75) is 40.0 Å². The van der Waals surface area contributed by atoms with Crippen LogP contribution in [0.1, 0.15) is 38.6 Å². The van der Waals surface area contributed by atoms with E-state index in [9.17, 15) is 0 Å². The summed E-state index contributed by atoms with van der Waals surface area (Å²) in [5, 5.41) is 16.3. The summed E-state index contributed by atoms with van der Waals surface area (Å²) in [4.78, 5) is 0. The van der Waals surface area contributed by atoms with Crippen molar-refractivity contribution in [1.29, 1.82) is 0 Å². The lowest BCUT2D eigenvalue weighted by atomic mass is 10.1. The third kappa shape index (κ3) is 2.03. The fraction of sp³-hybridized carbons (Fsp3) is 0.636. The van der Waals surface area contributed by atoms with Gasteiger partial charge < -0.3 is 0 Å². The number of nitrogens with zero attached hydrogens (tertiary/aromatic N) is 4. The zero-order valence-electron chi connectivity index (χ0n) is 9.90. The van der Waals surface area contributed by atoms with E-state index >= 15 is 0 Å². The molecule has 2 aromatic rings. The van der Waals surface area contributed by atoms with E-state index in [4.69, 9.17) is 4.63 Å². The Morgan fingerprint density at radius 2 is 1.69 bits per heavy atom. The molecule has 2 heterocycles. The molecule has 16 heavy (non-hydrogen) atoms. The maximum Gasteiger partial charge on any atom is 0.160 e. The summed E-state index contributed by atoms with van der Waals surface area (Å²) in [6, 6.07) is 0. The summed E-state index contributed by atoms with van der Waals surface area (Å²) >= 11 is 0. The third-order valence-corrected chi connectivity index (χ3v) is 2.42. The van der Waals surface area contributed by atoms with Crippen molar-refractivity contribution in [2.24, 2.45) is 5.92 Å². The van der Waals surface area contributed by atoms with Crippen LogP contribution >= 0.6 is 0 Å². The Bertz CT molecular complexity index is 478. The first kappa shape index (κ1) is 11.0. The predicted octanol–water partition coefficient (Wildman–Crippen LogP) is 2.16. The number of fused-ring (bicyclic) bond motifs is 1. The van der Waals surface area contributed by atoms with Gasteiger partial charge in [0.15, 0.2) is 11.0 Å².